The van der Waals surface area contributed by atoms with Crippen LogP contribution in [-0.4, -0.2) is 76.3 Å². The highest BCUT2D eigenvalue weighted by molar-refractivity contribution is 5.87. The number of amides is 2. The lowest BCUT2D eigenvalue weighted by Gasteiger charge is -2.37. The zero-order valence-corrected chi connectivity index (χ0v) is 14.8. The fourth-order valence-corrected chi connectivity index (χ4v) is 3.62. The molecule has 2 fully saturated rings. The molecule has 0 aromatic carbocycles. The summed E-state index contributed by atoms with van der Waals surface area (Å²) in [4.78, 5) is 28.0. The Balaban J connectivity index is 1.54. The van der Waals surface area contributed by atoms with Crippen LogP contribution < -0.4 is 5.73 Å². The summed E-state index contributed by atoms with van der Waals surface area (Å²) in [6, 6.07) is -0.454. The molecule has 138 valence electrons. The number of carbonyl (C=O) groups is 2. The first-order chi connectivity index (χ1) is 12.0. The van der Waals surface area contributed by atoms with E-state index in [1.165, 1.54) is 0 Å². The zero-order valence-electron chi connectivity index (χ0n) is 14.8. The summed E-state index contributed by atoms with van der Waals surface area (Å²) in [6.45, 7) is 5.59. The van der Waals surface area contributed by atoms with Gasteiger partial charge in [0.1, 0.15) is 6.04 Å². The molecule has 2 aliphatic rings. The molecule has 0 aliphatic carbocycles. The maximum atomic E-state index is 12.7. The lowest BCUT2D eigenvalue weighted by atomic mass is 10.0. The van der Waals surface area contributed by atoms with E-state index in [4.69, 9.17) is 10.5 Å². The summed E-state index contributed by atoms with van der Waals surface area (Å²) in [5.74, 6) is -0.416. The Morgan fingerprint density at radius 2 is 2.20 bits per heavy atom. The topological polar surface area (TPSA) is 93.7 Å². The number of hydrogen-bond donors (Lipinski definition) is 1. The molecule has 2 amide bonds. The van der Waals surface area contributed by atoms with Crippen molar-refractivity contribution < 1.29 is 14.3 Å². The van der Waals surface area contributed by atoms with E-state index in [2.05, 4.69) is 10.00 Å². The molecule has 2 aliphatic heterocycles. The van der Waals surface area contributed by atoms with Gasteiger partial charge in [-0.1, -0.05) is 0 Å². The first-order valence-corrected chi connectivity index (χ1v) is 8.94. The van der Waals surface area contributed by atoms with Crippen LogP contribution in [0.15, 0.2) is 12.4 Å². The van der Waals surface area contributed by atoms with Crippen LogP contribution in [0.1, 0.15) is 24.8 Å². The number of likely N-dealkylation sites (tertiary alicyclic amines) is 1. The largest absolute Gasteiger partial charge is 0.374 e. The van der Waals surface area contributed by atoms with Gasteiger partial charge in [-0.05, 0) is 31.7 Å². The molecule has 0 bridgehead atoms. The fraction of sp³-hybridized carbons (Fsp3) is 0.706. The van der Waals surface area contributed by atoms with Gasteiger partial charge in [0.05, 0.1) is 32.0 Å². The minimum atomic E-state index is -0.454. The van der Waals surface area contributed by atoms with Gasteiger partial charge in [-0.3, -0.25) is 19.2 Å². The Morgan fingerprint density at radius 3 is 2.92 bits per heavy atom. The van der Waals surface area contributed by atoms with E-state index in [1.807, 2.05) is 24.0 Å². The average molecular weight is 349 g/mol. The summed E-state index contributed by atoms with van der Waals surface area (Å²) in [7, 11) is 0. The predicted octanol–water partition coefficient (Wildman–Crippen LogP) is -0.241. The van der Waals surface area contributed by atoms with Crippen LogP contribution in [0.2, 0.25) is 0 Å². The second kappa shape index (κ2) is 7.97. The number of primary amides is 1. The highest BCUT2D eigenvalue weighted by Gasteiger charge is 2.32. The number of nitrogens with zero attached hydrogens (tertiary/aromatic N) is 4. The third-order valence-electron chi connectivity index (χ3n) is 4.89. The Morgan fingerprint density at radius 1 is 1.36 bits per heavy atom. The highest BCUT2D eigenvalue weighted by atomic mass is 16.5. The third kappa shape index (κ3) is 4.58. The molecule has 0 saturated carbocycles. The lowest BCUT2D eigenvalue weighted by molar-refractivity contribution is -0.143. The van der Waals surface area contributed by atoms with Crippen LogP contribution in [0, 0.1) is 6.92 Å². The molecule has 3 heterocycles. The molecule has 2 atom stereocenters. The van der Waals surface area contributed by atoms with E-state index in [9.17, 15) is 9.59 Å². The summed E-state index contributed by atoms with van der Waals surface area (Å²) in [5, 5.41) is 4.29. The Labute approximate surface area is 147 Å². The smallest absolute Gasteiger partial charge is 0.240 e. The van der Waals surface area contributed by atoms with Gasteiger partial charge < -0.3 is 15.4 Å². The number of aryl methyl sites for hydroxylation is 1. The van der Waals surface area contributed by atoms with Crippen molar-refractivity contribution in [2.24, 2.45) is 5.73 Å². The molecule has 2 saturated heterocycles. The number of nitrogens with two attached hydrogens (primary N) is 1. The number of hydrogen-bond acceptors (Lipinski definition) is 5. The minimum Gasteiger partial charge on any atom is -0.374 e. The van der Waals surface area contributed by atoms with Crippen molar-refractivity contribution in [1.29, 1.82) is 0 Å². The number of aromatic nitrogens is 2. The molecule has 3 rings (SSSR count). The fourth-order valence-electron chi connectivity index (χ4n) is 3.62. The highest BCUT2D eigenvalue weighted by Crippen LogP contribution is 2.18. The molecule has 1 aromatic heterocycles. The van der Waals surface area contributed by atoms with Gasteiger partial charge in [-0.25, -0.2) is 0 Å². The molecule has 0 spiro atoms. The normalized spacial score (nSPS) is 25.1. The van der Waals surface area contributed by atoms with E-state index in [-0.39, 0.29) is 12.0 Å². The number of carbonyl (C=O) groups excluding carboxylic acids is 2. The van der Waals surface area contributed by atoms with Crippen LogP contribution in [0.25, 0.3) is 0 Å². The van der Waals surface area contributed by atoms with Crippen molar-refractivity contribution in [1.82, 2.24) is 19.6 Å². The number of rotatable bonds is 5. The molecule has 1 aromatic rings. The van der Waals surface area contributed by atoms with Gasteiger partial charge in [0.25, 0.3) is 0 Å². The van der Waals surface area contributed by atoms with Crippen molar-refractivity contribution in [2.45, 2.75) is 44.9 Å². The Kier molecular flexibility index (Phi) is 5.70. The minimum absolute atomic E-state index is 0.00847. The lowest BCUT2D eigenvalue weighted by Crippen LogP contribution is -2.55. The summed E-state index contributed by atoms with van der Waals surface area (Å²) in [6.07, 6.45) is 6.36. The first kappa shape index (κ1) is 17.9. The Hall–Kier alpha value is -1.93. The molecule has 25 heavy (non-hydrogen) atoms. The molecule has 0 unspecified atom stereocenters. The van der Waals surface area contributed by atoms with Crippen molar-refractivity contribution in [3.63, 3.8) is 0 Å². The van der Waals surface area contributed by atoms with Crippen LogP contribution in [0.3, 0.4) is 0 Å². The molecular formula is C17H27N5O3. The summed E-state index contributed by atoms with van der Waals surface area (Å²) >= 11 is 0. The Bertz CT molecular complexity index is 617. The van der Waals surface area contributed by atoms with Gasteiger partial charge in [0.15, 0.2) is 0 Å². The monoisotopic (exact) mass is 349 g/mol. The van der Waals surface area contributed by atoms with Gasteiger partial charge >= 0.3 is 0 Å². The molecule has 2 N–H and O–H groups in total. The number of ether oxygens (including phenoxy) is 1. The van der Waals surface area contributed by atoms with E-state index >= 15 is 0 Å². The second-order valence-electron chi connectivity index (χ2n) is 6.97. The van der Waals surface area contributed by atoms with Crippen LogP contribution >= 0.6 is 0 Å². The van der Waals surface area contributed by atoms with E-state index in [0.717, 1.165) is 24.9 Å². The van der Waals surface area contributed by atoms with Crippen molar-refractivity contribution >= 4 is 11.8 Å². The molecular weight excluding hydrogens is 322 g/mol. The third-order valence-corrected chi connectivity index (χ3v) is 4.89. The summed E-state index contributed by atoms with van der Waals surface area (Å²) in [5.41, 5.74) is 6.58. The van der Waals surface area contributed by atoms with E-state index in [0.29, 0.717) is 39.2 Å². The van der Waals surface area contributed by atoms with E-state index < -0.39 is 11.9 Å². The van der Waals surface area contributed by atoms with Crippen LogP contribution in [0.4, 0.5) is 0 Å². The van der Waals surface area contributed by atoms with Gasteiger partial charge in [0.2, 0.25) is 11.8 Å². The van der Waals surface area contributed by atoms with Gasteiger partial charge in [-0.2, -0.15) is 5.10 Å². The van der Waals surface area contributed by atoms with Crippen molar-refractivity contribution in [3.05, 3.63) is 18.0 Å². The molecule has 8 heteroatoms. The number of morpholine rings is 1. The predicted molar refractivity (Wildman–Crippen MR) is 91.7 cm³/mol. The molecule has 8 nitrogen and oxygen atoms in total. The van der Waals surface area contributed by atoms with Gasteiger partial charge in [0, 0.05) is 25.8 Å². The quantitative estimate of drug-likeness (QED) is 0.792. The summed E-state index contributed by atoms with van der Waals surface area (Å²) < 4.78 is 7.68. The second-order valence-corrected chi connectivity index (χ2v) is 6.97. The first-order valence-electron chi connectivity index (χ1n) is 8.94. The van der Waals surface area contributed by atoms with Gasteiger partial charge in [-0.15, -0.1) is 0 Å². The van der Waals surface area contributed by atoms with Crippen molar-refractivity contribution in [3.8, 4) is 0 Å². The van der Waals surface area contributed by atoms with Crippen LogP contribution in [0.5, 0.6) is 0 Å². The standard InChI is InChI=1S/C17H27N5O3/c1-13-8-19-21(9-13)11-14-10-20(6-7-25-14)12-16(23)22-5-3-2-4-15(22)17(18)24/h8-9,14-15H,2-7,10-12H2,1H3,(H2,18,24)/t14-,15-/m1/s1. The van der Waals surface area contributed by atoms with Crippen LogP contribution in [-0.2, 0) is 20.9 Å². The maximum Gasteiger partial charge on any atom is 0.240 e. The van der Waals surface area contributed by atoms with E-state index in [1.54, 1.807) is 4.90 Å². The SMILES string of the molecule is Cc1cnn(C[C@H]2CN(CC(=O)N3CCCC[C@@H]3C(N)=O)CCO2)c1. The van der Waals surface area contributed by atoms with Crippen molar-refractivity contribution in [2.75, 3.05) is 32.8 Å². The average Bonchev–Trinajstić information content (AvgIpc) is 3.00. The number of piperidine rings is 1. The zero-order chi connectivity index (χ0) is 17.8. The maximum absolute atomic E-state index is 12.7. The molecule has 0 radical (unpaired) electrons.